The number of nitrogens with one attached hydrogen (secondary N) is 1. The van der Waals surface area contributed by atoms with E-state index >= 15 is 0 Å². The maximum absolute atomic E-state index is 13.3. The summed E-state index contributed by atoms with van der Waals surface area (Å²) in [6, 6.07) is 6.44. The van der Waals surface area contributed by atoms with Gasteiger partial charge in [0.1, 0.15) is 5.82 Å². The first-order valence-electron chi connectivity index (χ1n) is 7.85. The van der Waals surface area contributed by atoms with Crippen LogP contribution in [0.1, 0.15) is 25.3 Å². The van der Waals surface area contributed by atoms with Crippen LogP contribution in [0, 0.1) is 11.2 Å². The van der Waals surface area contributed by atoms with Crippen LogP contribution in [0.25, 0.3) is 0 Å². The van der Waals surface area contributed by atoms with Crippen molar-refractivity contribution >= 4 is 18.3 Å². The molecule has 4 nitrogen and oxygen atoms in total. The van der Waals surface area contributed by atoms with Crippen molar-refractivity contribution in [3.8, 4) is 0 Å². The first-order valence-corrected chi connectivity index (χ1v) is 7.85. The van der Waals surface area contributed by atoms with Gasteiger partial charge in [0.25, 0.3) is 0 Å². The molecule has 1 aliphatic rings. The van der Waals surface area contributed by atoms with Gasteiger partial charge in [-0.05, 0) is 50.6 Å². The summed E-state index contributed by atoms with van der Waals surface area (Å²) in [5.41, 5.74) is 0.361. The van der Waals surface area contributed by atoms with Gasteiger partial charge < -0.3 is 15.0 Å². The number of nitrogens with zero attached hydrogens (tertiary/aromatic N) is 1. The Kier molecular flexibility index (Phi) is 7.95. The Hall–Kier alpha value is -1.17. The maximum Gasteiger partial charge on any atom is 0.231 e. The molecule has 1 heterocycles. The van der Waals surface area contributed by atoms with Crippen LogP contribution in [0.2, 0.25) is 0 Å². The molecular weight excluding hydrogens is 319 g/mol. The molecule has 1 aliphatic heterocycles. The Morgan fingerprint density at radius 1 is 1.39 bits per heavy atom. The number of piperidine rings is 1. The summed E-state index contributed by atoms with van der Waals surface area (Å²) < 4.78 is 18.7. The van der Waals surface area contributed by atoms with Crippen molar-refractivity contribution in [2.24, 2.45) is 5.41 Å². The number of halogens is 2. The molecule has 1 aromatic carbocycles. The van der Waals surface area contributed by atoms with Gasteiger partial charge in [-0.1, -0.05) is 12.1 Å². The van der Waals surface area contributed by atoms with E-state index in [-0.39, 0.29) is 24.1 Å². The summed E-state index contributed by atoms with van der Waals surface area (Å²) in [5, 5.41) is 3.29. The normalized spacial score (nSPS) is 16.5. The zero-order chi connectivity index (χ0) is 16.0. The summed E-state index contributed by atoms with van der Waals surface area (Å²) in [7, 11) is 1.64. The molecule has 0 spiro atoms. The second-order valence-electron chi connectivity index (χ2n) is 5.91. The smallest absolute Gasteiger partial charge is 0.231 e. The SMILES string of the molecule is CCN(Cc1cccc(F)c1)C(=O)C1(COC)CCNCC1.Cl. The Morgan fingerprint density at radius 3 is 2.65 bits per heavy atom. The van der Waals surface area contributed by atoms with Gasteiger partial charge in [-0.15, -0.1) is 12.4 Å². The third-order valence-corrected chi connectivity index (χ3v) is 4.37. The molecule has 1 aromatic rings. The lowest BCUT2D eigenvalue weighted by atomic mass is 9.78. The van der Waals surface area contributed by atoms with Gasteiger partial charge >= 0.3 is 0 Å². The average Bonchev–Trinajstić information content (AvgIpc) is 2.53. The minimum atomic E-state index is -0.455. The fourth-order valence-electron chi connectivity index (χ4n) is 3.12. The first kappa shape index (κ1) is 19.9. The van der Waals surface area contributed by atoms with E-state index in [2.05, 4.69) is 5.32 Å². The molecule has 0 saturated carbocycles. The first-order chi connectivity index (χ1) is 10.6. The van der Waals surface area contributed by atoms with Crippen LogP contribution >= 0.6 is 12.4 Å². The van der Waals surface area contributed by atoms with E-state index in [1.54, 1.807) is 18.1 Å². The quantitative estimate of drug-likeness (QED) is 0.862. The van der Waals surface area contributed by atoms with E-state index in [9.17, 15) is 9.18 Å². The van der Waals surface area contributed by atoms with Crippen molar-refractivity contribution in [3.63, 3.8) is 0 Å². The molecule has 0 aromatic heterocycles. The number of hydrogen-bond donors (Lipinski definition) is 1. The Balaban J connectivity index is 0.00000264. The lowest BCUT2D eigenvalue weighted by molar-refractivity contribution is -0.148. The van der Waals surface area contributed by atoms with Crippen molar-refractivity contribution in [2.75, 3.05) is 33.4 Å². The monoisotopic (exact) mass is 344 g/mol. The zero-order valence-electron chi connectivity index (χ0n) is 13.8. The molecule has 1 fully saturated rings. The number of rotatable bonds is 6. The highest BCUT2D eigenvalue weighted by Crippen LogP contribution is 2.32. The van der Waals surface area contributed by atoms with Crippen molar-refractivity contribution in [2.45, 2.75) is 26.3 Å². The van der Waals surface area contributed by atoms with Gasteiger partial charge in [0.2, 0.25) is 5.91 Å². The number of ether oxygens (including phenoxy) is 1. The highest BCUT2D eigenvalue weighted by atomic mass is 35.5. The Bertz CT molecular complexity index is 502. The van der Waals surface area contributed by atoms with Gasteiger partial charge in [-0.3, -0.25) is 4.79 Å². The van der Waals surface area contributed by atoms with Crippen molar-refractivity contribution in [1.29, 1.82) is 0 Å². The van der Waals surface area contributed by atoms with Gasteiger partial charge in [0.05, 0.1) is 12.0 Å². The number of carbonyl (C=O) groups is 1. The van der Waals surface area contributed by atoms with E-state index in [0.717, 1.165) is 31.5 Å². The highest BCUT2D eigenvalue weighted by Gasteiger charge is 2.41. The van der Waals surface area contributed by atoms with Crippen molar-refractivity contribution in [1.82, 2.24) is 10.2 Å². The second-order valence-corrected chi connectivity index (χ2v) is 5.91. The maximum atomic E-state index is 13.3. The lowest BCUT2D eigenvalue weighted by Gasteiger charge is -2.39. The minimum absolute atomic E-state index is 0. The summed E-state index contributed by atoms with van der Waals surface area (Å²) in [6.07, 6.45) is 1.55. The van der Waals surface area contributed by atoms with Gasteiger partial charge in [-0.25, -0.2) is 4.39 Å². The van der Waals surface area contributed by atoms with E-state index in [4.69, 9.17) is 4.74 Å². The predicted octanol–water partition coefficient (Wildman–Crippen LogP) is 2.61. The molecule has 0 bridgehead atoms. The summed E-state index contributed by atoms with van der Waals surface area (Å²) in [4.78, 5) is 14.9. The Morgan fingerprint density at radius 2 is 2.09 bits per heavy atom. The lowest BCUT2D eigenvalue weighted by Crippen LogP contribution is -2.51. The summed E-state index contributed by atoms with van der Waals surface area (Å²) in [5.74, 6) is -0.155. The van der Waals surface area contributed by atoms with Gasteiger partial charge in [0, 0.05) is 20.2 Å². The molecular formula is C17H26ClFN2O2. The molecule has 0 aliphatic carbocycles. The largest absolute Gasteiger partial charge is 0.384 e. The van der Waals surface area contributed by atoms with Crippen LogP contribution in [0.15, 0.2) is 24.3 Å². The number of amides is 1. The van der Waals surface area contributed by atoms with Crippen LogP contribution in [0.4, 0.5) is 4.39 Å². The van der Waals surface area contributed by atoms with Crippen LogP contribution in [-0.4, -0.2) is 44.2 Å². The number of hydrogen-bond acceptors (Lipinski definition) is 3. The zero-order valence-corrected chi connectivity index (χ0v) is 14.6. The molecule has 0 atom stereocenters. The number of methoxy groups -OCH3 is 1. The molecule has 1 amide bonds. The van der Waals surface area contributed by atoms with Crippen LogP contribution in [0.5, 0.6) is 0 Å². The van der Waals surface area contributed by atoms with Gasteiger partial charge in [-0.2, -0.15) is 0 Å². The molecule has 1 saturated heterocycles. The molecule has 130 valence electrons. The standard InChI is InChI=1S/C17H25FN2O2.ClH/c1-3-20(12-14-5-4-6-15(18)11-14)16(21)17(13-22-2)7-9-19-10-8-17;/h4-6,11,19H,3,7-10,12-13H2,1-2H3;1H. The fourth-order valence-corrected chi connectivity index (χ4v) is 3.12. The summed E-state index contributed by atoms with van der Waals surface area (Å²) in [6.45, 7) is 5.09. The van der Waals surface area contributed by atoms with E-state index in [1.807, 2.05) is 13.0 Å². The molecule has 0 radical (unpaired) electrons. The van der Waals surface area contributed by atoms with Crippen molar-refractivity contribution < 1.29 is 13.9 Å². The molecule has 23 heavy (non-hydrogen) atoms. The van der Waals surface area contributed by atoms with E-state index in [0.29, 0.717) is 19.7 Å². The van der Waals surface area contributed by atoms with Crippen LogP contribution in [0.3, 0.4) is 0 Å². The van der Waals surface area contributed by atoms with E-state index in [1.165, 1.54) is 12.1 Å². The average molecular weight is 345 g/mol. The third-order valence-electron chi connectivity index (χ3n) is 4.37. The molecule has 0 unspecified atom stereocenters. The topological polar surface area (TPSA) is 41.6 Å². The molecule has 6 heteroatoms. The van der Waals surface area contributed by atoms with Gasteiger partial charge in [0.15, 0.2) is 0 Å². The summed E-state index contributed by atoms with van der Waals surface area (Å²) >= 11 is 0. The molecule has 1 N–H and O–H groups in total. The predicted molar refractivity (Wildman–Crippen MR) is 91.2 cm³/mol. The van der Waals surface area contributed by atoms with Crippen LogP contribution in [-0.2, 0) is 16.1 Å². The number of benzene rings is 1. The van der Waals surface area contributed by atoms with Crippen molar-refractivity contribution in [3.05, 3.63) is 35.6 Å². The second kappa shape index (κ2) is 9.21. The Labute approximate surface area is 143 Å². The number of carbonyl (C=O) groups excluding carboxylic acids is 1. The minimum Gasteiger partial charge on any atom is -0.384 e. The third kappa shape index (κ3) is 4.90. The van der Waals surface area contributed by atoms with E-state index < -0.39 is 5.41 Å². The highest BCUT2D eigenvalue weighted by molar-refractivity contribution is 5.85. The fraction of sp³-hybridized carbons (Fsp3) is 0.588. The van der Waals surface area contributed by atoms with Crippen LogP contribution < -0.4 is 5.32 Å². The molecule has 2 rings (SSSR count).